The molecular weight excluding hydrogens is 318 g/mol. The van der Waals surface area contributed by atoms with E-state index in [4.69, 9.17) is 9.47 Å². The first-order chi connectivity index (χ1) is 9.72. The maximum atomic E-state index is 5.76. The largest absolute Gasteiger partial charge is 0.489 e. The molecule has 0 amide bonds. The minimum absolute atomic E-state index is 0.713. The molecule has 1 aliphatic carbocycles. The van der Waals surface area contributed by atoms with Crippen LogP contribution in [0.2, 0.25) is 0 Å². The molecule has 108 valence electrons. The zero-order valence-electron chi connectivity index (χ0n) is 11.7. The molecule has 4 heteroatoms. The SMILES string of the molecule is CC(=Cc1cc(Br)c2c(c1)OCCCO2)CNC1CC1. The fourth-order valence-corrected chi connectivity index (χ4v) is 2.84. The molecule has 2 aliphatic rings. The smallest absolute Gasteiger partial charge is 0.175 e. The monoisotopic (exact) mass is 337 g/mol. The van der Waals surface area contributed by atoms with E-state index in [1.54, 1.807) is 0 Å². The van der Waals surface area contributed by atoms with E-state index >= 15 is 0 Å². The first kappa shape index (κ1) is 14.0. The van der Waals surface area contributed by atoms with Gasteiger partial charge in [0, 0.05) is 19.0 Å². The van der Waals surface area contributed by atoms with Gasteiger partial charge < -0.3 is 14.8 Å². The number of halogens is 1. The number of nitrogens with one attached hydrogen (secondary N) is 1. The molecule has 1 saturated carbocycles. The topological polar surface area (TPSA) is 30.5 Å². The molecule has 0 saturated heterocycles. The van der Waals surface area contributed by atoms with Crippen LogP contribution in [0.25, 0.3) is 6.08 Å². The molecular formula is C16H20BrNO2. The van der Waals surface area contributed by atoms with Gasteiger partial charge in [-0.05, 0) is 53.4 Å². The highest BCUT2D eigenvalue weighted by Crippen LogP contribution is 2.38. The summed E-state index contributed by atoms with van der Waals surface area (Å²) in [6.07, 6.45) is 5.77. The fourth-order valence-electron chi connectivity index (χ4n) is 2.26. The van der Waals surface area contributed by atoms with Gasteiger partial charge in [-0.3, -0.25) is 0 Å². The Kier molecular flexibility index (Phi) is 4.32. The molecule has 1 aliphatic heterocycles. The molecule has 1 aromatic rings. The van der Waals surface area contributed by atoms with E-state index in [1.165, 1.54) is 18.4 Å². The lowest BCUT2D eigenvalue weighted by molar-refractivity contribution is 0.296. The summed E-state index contributed by atoms with van der Waals surface area (Å²) in [6.45, 7) is 4.54. The predicted molar refractivity (Wildman–Crippen MR) is 84.4 cm³/mol. The first-order valence-corrected chi connectivity index (χ1v) is 8.01. The molecule has 0 radical (unpaired) electrons. The number of benzene rings is 1. The van der Waals surface area contributed by atoms with E-state index in [2.05, 4.69) is 46.4 Å². The Morgan fingerprint density at radius 3 is 2.95 bits per heavy atom. The van der Waals surface area contributed by atoms with Crippen molar-refractivity contribution in [3.05, 3.63) is 27.7 Å². The zero-order valence-corrected chi connectivity index (χ0v) is 13.3. The summed E-state index contributed by atoms with van der Waals surface area (Å²) >= 11 is 3.58. The van der Waals surface area contributed by atoms with Gasteiger partial charge in [-0.15, -0.1) is 0 Å². The lowest BCUT2D eigenvalue weighted by Gasteiger charge is -2.11. The van der Waals surface area contributed by atoms with Crippen LogP contribution < -0.4 is 14.8 Å². The molecule has 3 nitrogen and oxygen atoms in total. The first-order valence-electron chi connectivity index (χ1n) is 7.22. The van der Waals surface area contributed by atoms with Crippen molar-refractivity contribution in [2.75, 3.05) is 19.8 Å². The number of fused-ring (bicyclic) bond motifs is 1. The third-order valence-corrected chi connectivity index (χ3v) is 4.07. The second-order valence-corrected chi connectivity index (χ2v) is 6.38. The Bertz CT molecular complexity index is 523. The van der Waals surface area contributed by atoms with Crippen LogP contribution in [-0.4, -0.2) is 25.8 Å². The highest BCUT2D eigenvalue weighted by Gasteiger charge is 2.20. The molecule has 1 N–H and O–H groups in total. The fraction of sp³-hybridized carbons (Fsp3) is 0.500. The van der Waals surface area contributed by atoms with Gasteiger partial charge >= 0.3 is 0 Å². The van der Waals surface area contributed by atoms with Gasteiger partial charge in [0.2, 0.25) is 0 Å². The van der Waals surface area contributed by atoms with E-state index in [0.29, 0.717) is 6.61 Å². The van der Waals surface area contributed by atoms with Gasteiger partial charge in [0.15, 0.2) is 11.5 Å². The summed E-state index contributed by atoms with van der Waals surface area (Å²) in [5.41, 5.74) is 2.48. The minimum Gasteiger partial charge on any atom is -0.489 e. The summed E-state index contributed by atoms with van der Waals surface area (Å²) < 4.78 is 12.4. The van der Waals surface area contributed by atoms with Gasteiger partial charge in [0.1, 0.15) is 0 Å². The highest BCUT2D eigenvalue weighted by molar-refractivity contribution is 9.10. The van der Waals surface area contributed by atoms with Crippen LogP contribution in [0.3, 0.4) is 0 Å². The van der Waals surface area contributed by atoms with Crippen LogP contribution in [0.1, 0.15) is 31.7 Å². The Morgan fingerprint density at radius 1 is 1.35 bits per heavy atom. The van der Waals surface area contributed by atoms with E-state index in [9.17, 15) is 0 Å². The molecule has 0 atom stereocenters. The quantitative estimate of drug-likeness (QED) is 0.907. The van der Waals surface area contributed by atoms with Crippen molar-refractivity contribution in [3.63, 3.8) is 0 Å². The number of ether oxygens (including phenoxy) is 2. The average molecular weight is 338 g/mol. The standard InChI is InChI=1S/C16H20BrNO2/c1-11(10-18-13-3-4-13)7-12-8-14(17)16-15(9-12)19-5-2-6-20-16/h7-9,13,18H,2-6,10H2,1H3. The van der Waals surface area contributed by atoms with Crippen molar-refractivity contribution in [3.8, 4) is 11.5 Å². The molecule has 0 unspecified atom stereocenters. The highest BCUT2D eigenvalue weighted by atomic mass is 79.9. The summed E-state index contributed by atoms with van der Waals surface area (Å²) in [5.74, 6) is 1.67. The van der Waals surface area contributed by atoms with E-state index < -0.39 is 0 Å². The summed E-state index contributed by atoms with van der Waals surface area (Å²) in [6, 6.07) is 4.90. The van der Waals surface area contributed by atoms with Crippen LogP contribution in [-0.2, 0) is 0 Å². The molecule has 0 spiro atoms. The zero-order chi connectivity index (χ0) is 13.9. The number of rotatable bonds is 4. The van der Waals surface area contributed by atoms with Crippen molar-refractivity contribution in [1.82, 2.24) is 5.32 Å². The molecule has 1 aromatic carbocycles. The van der Waals surface area contributed by atoms with Gasteiger partial charge in [-0.2, -0.15) is 0 Å². The van der Waals surface area contributed by atoms with Gasteiger partial charge in [-0.1, -0.05) is 11.6 Å². The van der Waals surface area contributed by atoms with Crippen molar-refractivity contribution in [2.45, 2.75) is 32.2 Å². The number of hydrogen-bond acceptors (Lipinski definition) is 3. The lowest BCUT2D eigenvalue weighted by atomic mass is 10.1. The van der Waals surface area contributed by atoms with Crippen LogP contribution in [0.4, 0.5) is 0 Å². The lowest BCUT2D eigenvalue weighted by Crippen LogP contribution is -2.18. The molecule has 20 heavy (non-hydrogen) atoms. The van der Waals surface area contributed by atoms with Crippen LogP contribution in [0.15, 0.2) is 22.2 Å². The number of hydrogen-bond donors (Lipinski definition) is 1. The second-order valence-electron chi connectivity index (χ2n) is 5.53. The van der Waals surface area contributed by atoms with Crippen LogP contribution in [0.5, 0.6) is 11.5 Å². The van der Waals surface area contributed by atoms with Crippen molar-refractivity contribution in [2.24, 2.45) is 0 Å². The summed E-state index contributed by atoms with van der Waals surface area (Å²) in [4.78, 5) is 0. The minimum atomic E-state index is 0.713. The van der Waals surface area contributed by atoms with Gasteiger partial charge in [0.05, 0.1) is 17.7 Å². The van der Waals surface area contributed by atoms with Gasteiger partial charge in [0.25, 0.3) is 0 Å². The maximum absolute atomic E-state index is 5.76. The Labute approximate surface area is 128 Å². The molecule has 1 heterocycles. The second kappa shape index (κ2) is 6.19. The van der Waals surface area contributed by atoms with Crippen LogP contribution in [0, 0.1) is 0 Å². The summed E-state index contributed by atoms with van der Waals surface area (Å²) in [5, 5.41) is 3.53. The van der Waals surface area contributed by atoms with Gasteiger partial charge in [-0.25, -0.2) is 0 Å². The van der Waals surface area contributed by atoms with Crippen LogP contribution >= 0.6 is 15.9 Å². The Hall–Kier alpha value is -1.00. The Balaban J connectivity index is 1.77. The van der Waals surface area contributed by atoms with E-state index in [1.807, 2.05) is 0 Å². The van der Waals surface area contributed by atoms with Crippen molar-refractivity contribution >= 4 is 22.0 Å². The third-order valence-electron chi connectivity index (χ3n) is 3.48. The third kappa shape index (κ3) is 3.55. The normalized spacial score (nSPS) is 18.8. The summed E-state index contributed by atoms with van der Waals surface area (Å²) in [7, 11) is 0. The average Bonchev–Trinajstić information content (AvgIpc) is 3.23. The molecule has 0 aromatic heterocycles. The Morgan fingerprint density at radius 2 is 2.15 bits per heavy atom. The van der Waals surface area contributed by atoms with Crippen molar-refractivity contribution < 1.29 is 9.47 Å². The van der Waals surface area contributed by atoms with E-state index in [-0.39, 0.29) is 0 Å². The van der Waals surface area contributed by atoms with Crippen molar-refractivity contribution in [1.29, 1.82) is 0 Å². The maximum Gasteiger partial charge on any atom is 0.175 e. The molecule has 3 rings (SSSR count). The van der Waals surface area contributed by atoms with E-state index in [0.717, 1.165) is 47.1 Å². The predicted octanol–water partition coefficient (Wildman–Crippen LogP) is 3.77. The molecule has 1 fully saturated rings. The molecule has 0 bridgehead atoms.